The van der Waals surface area contributed by atoms with Crippen molar-refractivity contribution in [3.63, 3.8) is 0 Å². The van der Waals surface area contributed by atoms with E-state index in [4.69, 9.17) is 0 Å². The molecule has 3 heteroatoms. The summed E-state index contributed by atoms with van der Waals surface area (Å²) in [4.78, 5) is 0. The van der Waals surface area contributed by atoms with Gasteiger partial charge in [-0.25, -0.2) is 0 Å². The smallest absolute Gasteiger partial charge is 1.00 e. The first-order chi connectivity index (χ1) is 18.9. The first-order valence-corrected chi connectivity index (χ1v) is 17.2. The average Bonchev–Trinajstić information content (AvgIpc) is 3.43. The molecule has 0 N–H and O–H groups in total. The third-order valence-corrected chi connectivity index (χ3v) is 13.8. The van der Waals surface area contributed by atoms with Gasteiger partial charge in [0, 0.05) is 0 Å². The van der Waals surface area contributed by atoms with E-state index in [9.17, 15) is 0 Å². The quantitative estimate of drug-likeness (QED) is 0.302. The predicted octanol–water partition coefficient (Wildman–Crippen LogP) is 4.44. The Bertz CT molecular complexity index is 1620. The molecule has 0 heterocycles. The molecule has 0 spiro atoms. The zero-order valence-electron chi connectivity index (χ0n) is 25.7. The van der Waals surface area contributed by atoms with Crippen molar-refractivity contribution < 1.29 is 48.0 Å². The van der Waals surface area contributed by atoms with E-state index in [0.717, 1.165) is 0 Å². The molecular formula is C39H40Cl2Zr. The molecule has 0 saturated carbocycles. The minimum Gasteiger partial charge on any atom is -1.00 e. The molecule has 0 amide bonds. The van der Waals surface area contributed by atoms with E-state index in [1.807, 2.05) is 0 Å². The molecule has 0 aromatic heterocycles. The molecule has 0 radical (unpaired) electrons. The second kappa shape index (κ2) is 12.1. The number of rotatable bonds is 4. The number of benzene rings is 4. The maximum atomic E-state index is 2.55. The van der Waals surface area contributed by atoms with Gasteiger partial charge in [0.2, 0.25) is 0 Å². The third kappa shape index (κ3) is 5.95. The molecule has 2 atom stereocenters. The Kier molecular flexibility index (Phi) is 9.41. The summed E-state index contributed by atoms with van der Waals surface area (Å²) in [5, 5.41) is 0. The van der Waals surface area contributed by atoms with Crippen molar-refractivity contribution in [2.75, 3.05) is 0 Å². The van der Waals surface area contributed by atoms with Crippen LogP contribution in [0.5, 0.6) is 0 Å². The fourth-order valence-electron chi connectivity index (χ4n) is 6.35. The van der Waals surface area contributed by atoms with Crippen LogP contribution in [-0.4, -0.2) is 0 Å². The van der Waals surface area contributed by atoms with E-state index >= 15 is 0 Å². The fraction of sp³-hybridized carbons (Fsp3) is 0.282. The fourth-order valence-corrected chi connectivity index (χ4v) is 11.6. The molecule has 0 aliphatic heterocycles. The maximum Gasteiger partial charge on any atom is -1.00 e. The van der Waals surface area contributed by atoms with Crippen LogP contribution in [-0.2, 0) is 37.2 Å². The molecule has 2 unspecified atom stereocenters. The van der Waals surface area contributed by atoms with Gasteiger partial charge in [0.15, 0.2) is 0 Å². The van der Waals surface area contributed by atoms with Crippen LogP contribution in [0.2, 0.25) is 0 Å². The van der Waals surface area contributed by atoms with Gasteiger partial charge in [0.05, 0.1) is 0 Å². The van der Waals surface area contributed by atoms with Crippen LogP contribution in [0.3, 0.4) is 0 Å². The largest absolute Gasteiger partial charge is 1.00 e. The summed E-state index contributed by atoms with van der Waals surface area (Å²) in [6.07, 6.45) is 5.00. The molecule has 2 aliphatic rings. The van der Waals surface area contributed by atoms with Crippen molar-refractivity contribution in [1.29, 1.82) is 0 Å². The molecule has 2 aliphatic carbocycles. The van der Waals surface area contributed by atoms with Gasteiger partial charge >= 0.3 is 254 Å². The Morgan fingerprint density at radius 1 is 0.595 bits per heavy atom. The molecule has 214 valence electrons. The Morgan fingerprint density at radius 3 is 1.76 bits per heavy atom. The molecular weight excluding hydrogens is 631 g/mol. The van der Waals surface area contributed by atoms with Gasteiger partial charge in [-0.2, -0.15) is 0 Å². The van der Waals surface area contributed by atoms with Crippen LogP contribution in [0.4, 0.5) is 0 Å². The van der Waals surface area contributed by atoms with Gasteiger partial charge in [-0.15, -0.1) is 0 Å². The number of hydrogen-bond donors (Lipinski definition) is 0. The van der Waals surface area contributed by atoms with E-state index in [1.54, 1.807) is 0 Å². The maximum absolute atomic E-state index is 2.55. The molecule has 0 fully saturated rings. The summed E-state index contributed by atoms with van der Waals surface area (Å²) in [6, 6.07) is 36.9. The van der Waals surface area contributed by atoms with E-state index < -0.39 is 23.2 Å². The second-order valence-electron chi connectivity index (χ2n) is 13.7. The van der Waals surface area contributed by atoms with Crippen LogP contribution in [0.15, 0.2) is 97.1 Å². The predicted molar refractivity (Wildman–Crippen MR) is 169 cm³/mol. The summed E-state index contributed by atoms with van der Waals surface area (Å²) in [5.41, 5.74) is 14.7. The number of hydrogen-bond acceptors (Lipinski definition) is 0. The first kappa shape index (κ1) is 32.7. The molecule has 0 saturated heterocycles. The second-order valence-corrected chi connectivity index (χ2v) is 18.3. The monoisotopic (exact) mass is 668 g/mol. The van der Waals surface area contributed by atoms with Gasteiger partial charge in [-0.05, 0) is 0 Å². The van der Waals surface area contributed by atoms with Gasteiger partial charge < -0.3 is 24.8 Å². The van der Waals surface area contributed by atoms with Crippen molar-refractivity contribution in [3.05, 3.63) is 142 Å². The van der Waals surface area contributed by atoms with E-state index in [-0.39, 0.29) is 38.8 Å². The minimum atomic E-state index is -1.16. The summed E-state index contributed by atoms with van der Waals surface area (Å²) >= 11 is -1.16. The van der Waals surface area contributed by atoms with Gasteiger partial charge in [0.25, 0.3) is 0 Å². The van der Waals surface area contributed by atoms with E-state index in [1.165, 1.54) is 55.7 Å². The van der Waals surface area contributed by atoms with Crippen molar-refractivity contribution in [2.45, 2.75) is 66.0 Å². The van der Waals surface area contributed by atoms with Crippen LogP contribution >= 0.6 is 0 Å². The summed E-state index contributed by atoms with van der Waals surface area (Å²) in [6.45, 7) is 16.6. The van der Waals surface area contributed by atoms with Crippen molar-refractivity contribution in [3.8, 4) is 0 Å². The van der Waals surface area contributed by atoms with Crippen molar-refractivity contribution >= 4 is 23.3 Å². The zero-order valence-corrected chi connectivity index (χ0v) is 29.7. The molecule has 4 aromatic carbocycles. The molecule has 0 bridgehead atoms. The van der Waals surface area contributed by atoms with Gasteiger partial charge in [0.1, 0.15) is 0 Å². The Balaban J connectivity index is 0.00000202. The Labute approximate surface area is 277 Å². The van der Waals surface area contributed by atoms with Crippen LogP contribution < -0.4 is 24.8 Å². The van der Waals surface area contributed by atoms with Crippen LogP contribution in [0.25, 0.3) is 23.3 Å². The summed E-state index contributed by atoms with van der Waals surface area (Å²) in [5.74, 6) is 0. The van der Waals surface area contributed by atoms with E-state index in [2.05, 4.69) is 158 Å². The molecule has 0 nitrogen and oxygen atoms in total. The van der Waals surface area contributed by atoms with Gasteiger partial charge in [-0.3, -0.25) is 0 Å². The SMILES string of the molecule is CC(C)(C)c1cc(C2=Cc3ccccc3[CH]2[Zr+2][C]2(C)C(c3ccccc3)=Cc3ccccc32)cc(C(C)(C)C)c1.[Cl-].[Cl-]. The van der Waals surface area contributed by atoms with Gasteiger partial charge in [-0.1, -0.05) is 0 Å². The standard InChI is InChI=1S/C23H27.C16H13.2ClH.Zr/c1-22(2,3)20-13-19(14-21(15-20)23(4,5)6)18-11-16-9-7-8-10-17(16)12-18;1-12-15-10-6-5-9-14(15)11-16(12)13-7-3-2-4-8-13;;;/h7-15H,1-6H3;2-11H,1H3;2*1H;/q;;;;+2/p-2. The van der Waals surface area contributed by atoms with Crippen LogP contribution in [0.1, 0.15) is 96.6 Å². The molecule has 42 heavy (non-hydrogen) atoms. The summed E-state index contributed by atoms with van der Waals surface area (Å²) < 4.78 is 0.544. The van der Waals surface area contributed by atoms with E-state index in [0.29, 0.717) is 3.63 Å². The molecule has 4 aromatic rings. The Morgan fingerprint density at radius 2 is 1.14 bits per heavy atom. The third-order valence-electron chi connectivity index (χ3n) is 8.78. The first-order valence-electron chi connectivity index (χ1n) is 14.6. The zero-order chi connectivity index (χ0) is 28.3. The van der Waals surface area contributed by atoms with Crippen molar-refractivity contribution in [2.24, 2.45) is 0 Å². The number of fused-ring (bicyclic) bond motifs is 2. The topological polar surface area (TPSA) is 0 Å². The Hall–Kier alpha value is -2.18. The minimum absolute atomic E-state index is 0. The summed E-state index contributed by atoms with van der Waals surface area (Å²) in [7, 11) is 0. The van der Waals surface area contributed by atoms with Crippen LogP contribution in [0, 0.1) is 0 Å². The number of halogens is 2. The molecule has 6 rings (SSSR count). The average molecular weight is 671 g/mol. The normalized spacial score (nSPS) is 19.0. The number of allylic oxidation sites excluding steroid dienone is 2. The van der Waals surface area contributed by atoms with Crippen molar-refractivity contribution in [1.82, 2.24) is 0 Å².